The summed E-state index contributed by atoms with van der Waals surface area (Å²) in [4.78, 5) is 4.63. The van der Waals surface area contributed by atoms with Crippen molar-refractivity contribution in [2.45, 2.75) is 133 Å². The van der Waals surface area contributed by atoms with Gasteiger partial charge in [-0.25, -0.2) is 0 Å². The summed E-state index contributed by atoms with van der Waals surface area (Å²) in [6.07, 6.45) is 7.12. The van der Waals surface area contributed by atoms with Gasteiger partial charge in [-0.15, -0.1) is 34.9 Å². The third kappa shape index (κ3) is 10.3. The van der Waals surface area contributed by atoms with Crippen LogP contribution in [0.25, 0.3) is 22.0 Å². The first-order chi connectivity index (χ1) is 22.6. The molecule has 2 saturated carbocycles. The summed E-state index contributed by atoms with van der Waals surface area (Å²) < 4.78 is 0. The number of aromatic nitrogens is 1. The zero-order valence-electron chi connectivity index (χ0n) is 32.8. The van der Waals surface area contributed by atoms with Gasteiger partial charge < -0.3 is 15.2 Å². The number of fused-ring (bicyclic) bond motifs is 2. The predicted octanol–water partition coefficient (Wildman–Crippen LogP) is 11.4. The molecule has 2 fully saturated rings. The van der Waals surface area contributed by atoms with Crippen LogP contribution in [0.5, 0.6) is 0 Å². The second-order valence-electron chi connectivity index (χ2n) is 17.6. The molecule has 0 amide bonds. The molecular formula is C45H68IrNO2-. The fraction of sp³-hybridized carbons (Fsp3) is 0.667. The minimum atomic E-state index is -0.318. The summed E-state index contributed by atoms with van der Waals surface area (Å²) in [5.41, 5.74) is 5.87. The van der Waals surface area contributed by atoms with Gasteiger partial charge in [-0.2, -0.15) is 0 Å². The Morgan fingerprint density at radius 3 is 1.90 bits per heavy atom. The van der Waals surface area contributed by atoms with Crippen molar-refractivity contribution in [1.82, 2.24) is 4.98 Å². The van der Waals surface area contributed by atoms with E-state index in [2.05, 4.69) is 131 Å². The number of nitrogens with zero attached hydrogens (tertiary/aromatic N) is 1. The zero-order chi connectivity index (χ0) is 35.4. The van der Waals surface area contributed by atoms with E-state index in [4.69, 9.17) is 0 Å². The second-order valence-corrected chi connectivity index (χ2v) is 17.6. The van der Waals surface area contributed by atoms with Crippen LogP contribution in [-0.2, 0) is 20.1 Å². The van der Waals surface area contributed by atoms with Crippen LogP contribution < -0.4 is 0 Å². The van der Waals surface area contributed by atoms with Gasteiger partial charge in [0, 0.05) is 32.2 Å². The molecule has 1 heterocycles. The quantitative estimate of drug-likeness (QED) is 0.200. The molecule has 3 nitrogen and oxygen atoms in total. The minimum Gasteiger partial charge on any atom is -0.392 e. The fourth-order valence-electron chi connectivity index (χ4n) is 9.51. The zero-order valence-corrected chi connectivity index (χ0v) is 35.2. The number of aliphatic hydroxyl groups is 2. The number of rotatable bonds is 10. The van der Waals surface area contributed by atoms with E-state index in [9.17, 15) is 10.2 Å². The van der Waals surface area contributed by atoms with Crippen molar-refractivity contribution in [3.05, 3.63) is 65.4 Å². The van der Waals surface area contributed by atoms with Crippen molar-refractivity contribution in [3.63, 3.8) is 0 Å². The van der Waals surface area contributed by atoms with E-state index in [0.717, 1.165) is 29.7 Å². The van der Waals surface area contributed by atoms with Crippen LogP contribution in [0.15, 0.2) is 42.6 Å². The van der Waals surface area contributed by atoms with E-state index in [1.54, 1.807) is 0 Å². The molecule has 2 aromatic carbocycles. The summed E-state index contributed by atoms with van der Waals surface area (Å²) in [6.45, 7) is 27.1. The molecule has 1 radical (unpaired) electrons. The van der Waals surface area contributed by atoms with Crippen LogP contribution in [0, 0.1) is 79.1 Å². The minimum absolute atomic E-state index is 0. The van der Waals surface area contributed by atoms with Gasteiger partial charge >= 0.3 is 0 Å². The van der Waals surface area contributed by atoms with Crippen LogP contribution >= 0.6 is 0 Å². The summed E-state index contributed by atoms with van der Waals surface area (Å²) in [5.74, 6) is 5.57. The first kappa shape index (κ1) is 41.8. The van der Waals surface area contributed by atoms with E-state index in [1.165, 1.54) is 41.2 Å². The van der Waals surface area contributed by atoms with Crippen molar-refractivity contribution < 1.29 is 30.3 Å². The maximum Gasteiger partial charge on any atom is 0.0626 e. The Morgan fingerprint density at radius 1 is 0.755 bits per heavy atom. The Morgan fingerprint density at radius 2 is 1.35 bits per heavy atom. The predicted molar refractivity (Wildman–Crippen MR) is 205 cm³/mol. The van der Waals surface area contributed by atoms with Crippen molar-refractivity contribution in [2.24, 2.45) is 59.2 Å². The van der Waals surface area contributed by atoms with Crippen LogP contribution in [0.3, 0.4) is 0 Å². The first-order valence-electron chi connectivity index (χ1n) is 19.3. The summed E-state index contributed by atoms with van der Waals surface area (Å²) >= 11 is 0. The average molecular weight is 847 g/mol. The number of hydrogen-bond acceptors (Lipinski definition) is 3. The van der Waals surface area contributed by atoms with Gasteiger partial charge in [0.15, 0.2) is 0 Å². The van der Waals surface area contributed by atoms with Gasteiger partial charge in [-0.3, -0.25) is 0 Å². The maximum absolute atomic E-state index is 11.4. The standard InChI is InChI=1S/C25H48O2.C20H20N.Ir/c1-14(2)11-20(16(5)6)19-10-9-18-13-22(25(27)23(18)24(19)26)21(17(7)8)12-15(3)4;1-13(2)17-6-5-16-7-8-21-20(19(16)12-17)18-10-14(3)9-15(4)11-18;/h14-27H,9-13H2,1-8H3;5-10,12-13H,1-4H3;/q;-1;/t18?,19-,20?,21?,22+,23?,24?,25?;;/m1../s1. The van der Waals surface area contributed by atoms with Crippen molar-refractivity contribution in [3.8, 4) is 11.3 Å². The van der Waals surface area contributed by atoms with Gasteiger partial charge in [-0.1, -0.05) is 101 Å². The Kier molecular flexibility index (Phi) is 15.6. The Hall–Kier alpha value is -1.58. The fourth-order valence-corrected chi connectivity index (χ4v) is 9.51. The summed E-state index contributed by atoms with van der Waals surface area (Å²) in [6, 6.07) is 16.5. The third-order valence-electron chi connectivity index (χ3n) is 11.8. The van der Waals surface area contributed by atoms with E-state index >= 15 is 0 Å². The van der Waals surface area contributed by atoms with Gasteiger partial charge in [0.1, 0.15) is 0 Å². The molecule has 275 valence electrons. The first-order valence-corrected chi connectivity index (χ1v) is 19.3. The number of hydrogen-bond donors (Lipinski definition) is 2. The maximum atomic E-state index is 11.4. The summed E-state index contributed by atoms with van der Waals surface area (Å²) in [7, 11) is 0. The van der Waals surface area contributed by atoms with Crippen LogP contribution in [0.1, 0.15) is 124 Å². The monoisotopic (exact) mass is 847 g/mol. The van der Waals surface area contributed by atoms with E-state index in [1.807, 2.05) is 6.20 Å². The number of aryl methyl sites for hydroxylation is 2. The molecule has 0 saturated heterocycles. The van der Waals surface area contributed by atoms with Gasteiger partial charge in [-0.05, 0) is 119 Å². The number of aliphatic hydroxyl groups excluding tert-OH is 2. The normalized spacial score (nSPS) is 25.0. The third-order valence-corrected chi connectivity index (χ3v) is 11.8. The molecule has 5 rings (SSSR count). The topological polar surface area (TPSA) is 53.4 Å². The molecule has 6 unspecified atom stereocenters. The molecule has 49 heavy (non-hydrogen) atoms. The largest absolute Gasteiger partial charge is 0.392 e. The smallest absolute Gasteiger partial charge is 0.0626 e. The van der Waals surface area contributed by atoms with Crippen LogP contribution in [0.4, 0.5) is 0 Å². The number of pyridine rings is 1. The molecule has 2 aliphatic rings. The van der Waals surface area contributed by atoms with Gasteiger partial charge in [0.25, 0.3) is 0 Å². The van der Waals surface area contributed by atoms with Crippen LogP contribution in [-0.4, -0.2) is 27.4 Å². The molecule has 2 aliphatic carbocycles. The van der Waals surface area contributed by atoms with Crippen molar-refractivity contribution >= 4 is 10.8 Å². The Labute approximate surface area is 313 Å². The summed E-state index contributed by atoms with van der Waals surface area (Å²) in [5, 5.41) is 25.2. The molecular weight excluding hydrogens is 779 g/mol. The second kappa shape index (κ2) is 18.3. The number of benzene rings is 2. The van der Waals surface area contributed by atoms with Gasteiger partial charge in [0.05, 0.1) is 12.2 Å². The SMILES string of the molecule is CC(C)CC(C(C)C)[C@@H]1CC2CC[C@H](C(CC(C)C)C(C)C)C(O)C2C1O.Cc1[c-]c(-c2nccc3ccc(C(C)C)cc23)cc(C)c1.[Ir]. The van der Waals surface area contributed by atoms with Crippen LogP contribution in [0.2, 0.25) is 0 Å². The molecule has 0 bridgehead atoms. The molecule has 2 N–H and O–H groups in total. The molecule has 0 spiro atoms. The average Bonchev–Trinajstić information content (AvgIpc) is 3.34. The molecule has 8 atom stereocenters. The Balaban J connectivity index is 0.000000267. The van der Waals surface area contributed by atoms with Crippen molar-refractivity contribution in [1.29, 1.82) is 0 Å². The van der Waals surface area contributed by atoms with Gasteiger partial charge in [0.2, 0.25) is 0 Å². The van der Waals surface area contributed by atoms with E-state index in [-0.39, 0.29) is 38.2 Å². The molecule has 0 aliphatic heterocycles. The molecule has 1 aromatic heterocycles. The molecule has 3 aromatic rings. The van der Waals surface area contributed by atoms with E-state index in [0.29, 0.717) is 59.2 Å². The molecule has 4 heteroatoms. The van der Waals surface area contributed by atoms with Crippen molar-refractivity contribution in [2.75, 3.05) is 0 Å². The Bertz CT molecular complexity index is 1420. The van der Waals surface area contributed by atoms with E-state index < -0.39 is 0 Å².